The maximum atomic E-state index is 13.6. The second kappa shape index (κ2) is 14.4. The van der Waals surface area contributed by atoms with Gasteiger partial charge in [0.25, 0.3) is 7.82 Å². The van der Waals surface area contributed by atoms with Crippen LogP contribution in [0.5, 0.6) is 0 Å². The predicted octanol–water partition coefficient (Wildman–Crippen LogP) is 6.75. The molecule has 4 unspecified atom stereocenters. The zero-order valence-electron chi connectivity index (χ0n) is 23.0. The van der Waals surface area contributed by atoms with E-state index in [0.717, 1.165) is 11.1 Å². The molecule has 2 aliphatic carbocycles. The summed E-state index contributed by atoms with van der Waals surface area (Å²) in [5, 5.41) is 0. The van der Waals surface area contributed by atoms with Gasteiger partial charge in [0.1, 0.15) is 20.9 Å². The van der Waals surface area contributed by atoms with Crippen LogP contribution in [0.3, 0.4) is 0 Å². The molecule has 0 amide bonds. The molecule has 0 aromatic heterocycles. The number of hydrogen-bond acceptors (Lipinski definition) is 4. The van der Waals surface area contributed by atoms with Crippen molar-refractivity contribution in [2.45, 2.75) is 60.4 Å². The predicted molar refractivity (Wildman–Crippen MR) is 172 cm³/mol. The van der Waals surface area contributed by atoms with Gasteiger partial charge in [-0.25, -0.2) is 0 Å². The summed E-state index contributed by atoms with van der Waals surface area (Å²) in [6.07, 6.45) is 9.20. The van der Waals surface area contributed by atoms with Crippen molar-refractivity contribution in [3.05, 3.63) is 116 Å². The fourth-order valence-corrected chi connectivity index (χ4v) is 9.64. The van der Waals surface area contributed by atoms with Gasteiger partial charge in [-0.05, 0) is 46.2 Å². The third-order valence-corrected chi connectivity index (χ3v) is 11.5. The van der Waals surface area contributed by atoms with Gasteiger partial charge in [0.15, 0.2) is 0 Å². The molecule has 4 rings (SSSR count). The van der Waals surface area contributed by atoms with Gasteiger partial charge in [0.05, 0.1) is 0 Å². The molecular weight excluding hydrogens is 814 g/mol. The standard InChI is InChI=1S/C30H31Br4O4P.K/c1-19(2)21-9-13-23(14-10-21)29(33)17-5-7-25(31)27(29)37-39(35,36)38-28-26(32)8-6-18-30(28,34)24-15-11-22(12-16-24)20(3)4;/h5-20,27-28H,1-4H3,(H,35,36);/q;+1/p-1. The smallest absolute Gasteiger partial charge is 0.756 e. The van der Waals surface area contributed by atoms with E-state index in [1.165, 1.54) is 11.1 Å². The second-order valence-electron chi connectivity index (χ2n) is 10.3. The molecule has 0 saturated heterocycles. The van der Waals surface area contributed by atoms with Crippen LogP contribution in [0.15, 0.2) is 94.0 Å². The van der Waals surface area contributed by atoms with E-state index in [9.17, 15) is 9.46 Å². The Morgan fingerprint density at radius 1 is 0.725 bits per heavy atom. The summed E-state index contributed by atoms with van der Waals surface area (Å²) < 4.78 is 24.5. The van der Waals surface area contributed by atoms with Gasteiger partial charge in [0, 0.05) is 8.96 Å². The van der Waals surface area contributed by atoms with Crippen LogP contribution in [-0.4, -0.2) is 12.2 Å². The number of allylic oxidation sites excluding steroid dienone is 4. The average Bonchev–Trinajstić information content (AvgIpc) is 2.89. The number of rotatable bonds is 8. The van der Waals surface area contributed by atoms with Crippen molar-refractivity contribution in [1.82, 2.24) is 0 Å². The SMILES string of the molecule is CC(C)c1ccc(C2(Br)C=CC=C(Br)C2OP(=O)([O-])OC2C(Br)=CC=CC2(Br)c2ccc(C(C)C)cc2)cc1.[K+]. The van der Waals surface area contributed by atoms with Crippen molar-refractivity contribution >= 4 is 71.5 Å². The van der Waals surface area contributed by atoms with E-state index in [1.807, 2.05) is 72.8 Å². The molecule has 0 spiro atoms. The Labute approximate surface area is 313 Å². The molecule has 2 aromatic carbocycles. The summed E-state index contributed by atoms with van der Waals surface area (Å²) in [4.78, 5) is 13.6. The van der Waals surface area contributed by atoms with Gasteiger partial charge in [-0.2, -0.15) is 0 Å². The van der Waals surface area contributed by atoms with Crippen LogP contribution in [0.1, 0.15) is 61.8 Å². The van der Waals surface area contributed by atoms with E-state index in [2.05, 4.69) is 91.4 Å². The molecule has 0 radical (unpaired) electrons. The molecule has 0 saturated carbocycles. The second-order valence-corrected chi connectivity index (χ2v) is 16.1. The summed E-state index contributed by atoms with van der Waals surface area (Å²) in [6, 6.07) is 16.2. The van der Waals surface area contributed by atoms with Crippen molar-refractivity contribution in [1.29, 1.82) is 0 Å². The zero-order chi connectivity index (χ0) is 28.6. The number of phosphoric acid groups is 1. The van der Waals surface area contributed by atoms with Crippen LogP contribution >= 0.6 is 71.5 Å². The molecule has 208 valence electrons. The van der Waals surface area contributed by atoms with Gasteiger partial charge in [-0.1, -0.05) is 164 Å². The number of benzene rings is 2. The first-order valence-electron chi connectivity index (χ1n) is 12.6. The first kappa shape index (κ1) is 35.5. The van der Waals surface area contributed by atoms with Crippen LogP contribution in [0.4, 0.5) is 0 Å². The van der Waals surface area contributed by atoms with Gasteiger partial charge in [-0.3, -0.25) is 4.57 Å². The fraction of sp³-hybridized carbons (Fsp3) is 0.333. The topological polar surface area (TPSA) is 58.6 Å². The molecular formula is C30H30Br4KO4P. The van der Waals surface area contributed by atoms with Gasteiger partial charge < -0.3 is 13.9 Å². The Bertz CT molecular complexity index is 1270. The third-order valence-electron chi connectivity index (χ3n) is 6.96. The van der Waals surface area contributed by atoms with Crippen molar-refractivity contribution < 1.29 is 69.9 Å². The molecule has 40 heavy (non-hydrogen) atoms. The number of halogens is 4. The van der Waals surface area contributed by atoms with Gasteiger partial charge in [-0.15, -0.1) is 0 Å². The Morgan fingerprint density at radius 3 is 1.35 bits per heavy atom. The molecule has 10 heteroatoms. The Morgan fingerprint density at radius 2 is 1.05 bits per heavy atom. The molecule has 4 atom stereocenters. The number of phosphoric ester groups is 1. The van der Waals surface area contributed by atoms with Crippen LogP contribution in [-0.2, 0) is 22.3 Å². The summed E-state index contributed by atoms with van der Waals surface area (Å²) in [5.74, 6) is 0.756. The van der Waals surface area contributed by atoms with Crippen LogP contribution in [0.2, 0.25) is 0 Å². The minimum absolute atomic E-state index is 0. The maximum Gasteiger partial charge on any atom is 1.00 e. The van der Waals surface area contributed by atoms with E-state index < -0.39 is 28.7 Å². The summed E-state index contributed by atoms with van der Waals surface area (Å²) in [5.41, 5.74) is 4.10. The van der Waals surface area contributed by atoms with E-state index in [4.69, 9.17) is 9.05 Å². The summed E-state index contributed by atoms with van der Waals surface area (Å²) >= 11 is 14.7. The quantitative estimate of drug-likeness (QED) is 0.168. The Kier molecular flexibility index (Phi) is 12.8. The fourth-order valence-electron chi connectivity index (χ4n) is 4.59. The molecule has 4 nitrogen and oxygen atoms in total. The maximum absolute atomic E-state index is 13.6. The molecule has 0 N–H and O–H groups in total. The molecule has 0 aliphatic heterocycles. The van der Waals surface area contributed by atoms with Crippen LogP contribution < -0.4 is 56.3 Å². The molecule has 2 aliphatic rings. The summed E-state index contributed by atoms with van der Waals surface area (Å²) in [6.45, 7) is 8.52. The minimum Gasteiger partial charge on any atom is -0.756 e. The summed E-state index contributed by atoms with van der Waals surface area (Å²) in [7, 11) is -4.87. The molecule has 0 bridgehead atoms. The molecule has 0 fully saturated rings. The number of hydrogen-bond donors (Lipinski definition) is 0. The average molecular weight is 844 g/mol. The first-order chi connectivity index (χ1) is 18.3. The van der Waals surface area contributed by atoms with Crippen LogP contribution in [0.25, 0.3) is 0 Å². The largest absolute Gasteiger partial charge is 1.00 e. The molecule has 2 aromatic rings. The third kappa shape index (κ3) is 7.82. The van der Waals surface area contributed by atoms with Crippen molar-refractivity contribution in [3.63, 3.8) is 0 Å². The minimum atomic E-state index is -4.87. The zero-order valence-corrected chi connectivity index (χ0v) is 33.3. The normalized spacial score (nSPS) is 27.7. The Balaban J connectivity index is 0.00000441. The Hall–Kier alpha value is 1.07. The van der Waals surface area contributed by atoms with Crippen molar-refractivity contribution in [2.24, 2.45) is 0 Å². The monoisotopic (exact) mass is 840 g/mol. The van der Waals surface area contributed by atoms with Crippen molar-refractivity contribution in [2.75, 3.05) is 0 Å². The van der Waals surface area contributed by atoms with Gasteiger partial charge >= 0.3 is 51.4 Å². The molecule has 0 heterocycles. The van der Waals surface area contributed by atoms with Crippen LogP contribution in [0, 0.1) is 0 Å². The van der Waals surface area contributed by atoms with E-state index in [1.54, 1.807) is 12.2 Å². The number of alkyl halides is 2. The van der Waals surface area contributed by atoms with E-state index in [0.29, 0.717) is 20.8 Å². The van der Waals surface area contributed by atoms with Crippen molar-refractivity contribution in [3.8, 4) is 0 Å². The van der Waals surface area contributed by atoms with E-state index >= 15 is 0 Å². The van der Waals surface area contributed by atoms with E-state index in [-0.39, 0.29) is 51.4 Å². The van der Waals surface area contributed by atoms with Gasteiger partial charge in [0.2, 0.25) is 0 Å². The first-order valence-corrected chi connectivity index (χ1v) is 17.3.